The fourth-order valence-corrected chi connectivity index (χ4v) is 1.95. The molecule has 1 heterocycles. The molecular weight excluding hydrogens is 313 g/mol. The summed E-state index contributed by atoms with van der Waals surface area (Å²) >= 11 is 0. The highest BCUT2D eigenvalue weighted by Gasteiger charge is 2.65. The van der Waals surface area contributed by atoms with Crippen LogP contribution in [0.1, 0.15) is 28.8 Å². The summed E-state index contributed by atoms with van der Waals surface area (Å²) in [6.07, 6.45) is -3.30. The van der Waals surface area contributed by atoms with E-state index in [4.69, 9.17) is 5.53 Å². The summed E-state index contributed by atoms with van der Waals surface area (Å²) in [5, 5.41) is 12.2. The molecule has 23 heavy (non-hydrogen) atoms. The molecule has 0 unspecified atom stereocenters. The normalized spacial score (nSPS) is 14.9. The Balaban J connectivity index is 1.87. The van der Waals surface area contributed by atoms with Gasteiger partial charge in [0.15, 0.2) is 0 Å². The molecule has 1 amide bonds. The molecule has 0 aliphatic carbocycles. The quantitative estimate of drug-likeness (QED) is 0.351. The number of amides is 1. The van der Waals surface area contributed by atoms with Crippen molar-refractivity contribution >= 4 is 5.91 Å². The number of unbranched alkanes of at least 4 members (excludes halogenated alkanes) is 1. The van der Waals surface area contributed by atoms with Gasteiger partial charge in [0.05, 0.1) is 0 Å². The van der Waals surface area contributed by atoms with Gasteiger partial charge in [-0.05, 0) is 30.5 Å². The number of hydrogen-bond donors (Lipinski definition) is 1. The Morgan fingerprint density at radius 3 is 2.43 bits per heavy atom. The van der Waals surface area contributed by atoms with Gasteiger partial charge in [0.2, 0.25) is 0 Å². The average Bonchev–Trinajstić information content (AvgIpc) is 3.32. The third-order valence-electron chi connectivity index (χ3n) is 3.28. The second kappa shape index (κ2) is 6.66. The lowest BCUT2D eigenvalue weighted by Crippen LogP contribution is -2.30. The van der Waals surface area contributed by atoms with Gasteiger partial charge in [0.1, 0.15) is 0 Å². The first-order valence-electron chi connectivity index (χ1n) is 6.81. The molecule has 10 heteroatoms. The number of azide groups is 1. The maximum atomic E-state index is 12.8. The number of carbonyl (C=O) groups is 1. The maximum absolute atomic E-state index is 12.8. The molecular formula is C13H13F3N6O. The Bertz CT molecular complexity index is 643. The van der Waals surface area contributed by atoms with Gasteiger partial charge in [-0.25, -0.2) is 0 Å². The zero-order valence-corrected chi connectivity index (χ0v) is 11.9. The SMILES string of the molecule is [N-]=[N+]=NCCCCNC(=O)c1ccc(C2(C(F)(F)F)N=N2)cc1. The minimum Gasteiger partial charge on any atom is -0.352 e. The molecule has 122 valence electrons. The highest BCUT2D eigenvalue weighted by molar-refractivity contribution is 5.94. The van der Waals surface area contributed by atoms with Crippen molar-refractivity contribution in [3.8, 4) is 0 Å². The molecule has 0 fully saturated rings. The number of alkyl halides is 3. The van der Waals surface area contributed by atoms with Gasteiger partial charge < -0.3 is 5.32 Å². The second-order valence-corrected chi connectivity index (χ2v) is 4.86. The number of carbonyl (C=O) groups excluding carboxylic acids is 1. The maximum Gasteiger partial charge on any atom is 0.442 e. The molecule has 1 aromatic carbocycles. The number of nitrogens with zero attached hydrogens (tertiary/aromatic N) is 5. The van der Waals surface area contributed by atoms with Crippen molar-refractivity contribution in [3.63, 3.8) is 0 Å². The van der Waals surface area contributed by atoms with Gasteiger partial charge in [0.25, 0.3) is 5.91 Å². The zero-order valence-electron chi connectivity index (χ0n) is 11.9. The van der Waals surface area contributed by atoms with E-state index in [1.807, 2.05) is 0 Å². The van der Waals surface area contributed by atoms with Crippen molar-refractivity contribution in [1.29, 1.82) is 0 Å². The van der Waals surface area contributed by atoms with E-state index in [2.05, 4.69) is 25.6 Å². The molecule has 0 saturated carbocycles. The topological polar surface area (TPSA) is 103 Å². The fourth-order valence-electron chi connectivity index (χ4n) is 1.95. The van der Waals surface area contributed by atoms with Crippen molar-refractivity contribution in [3.05, 3.63) is 45.8 Å². The first-order chi connectivity index (χ1) is 10.9. The van der Waals surface area contributed by atoms with Crippen molar-refractivity contribution in [2.45, 2.75) is 24.7 Å². The fraction of sp³-hybridized carbons (Fsp3) is 0.462. The van der Waals surface area contributed by atoms with Crippen molar-refractivity contribution in [2.24, 2.45) is 15.3 Å². The summed E-state index contributed by atoms with van der Waals surface area (Å²) in [6, 6.07) is 5.01. The van der Waals surface area contributed by atoms with E-state index in [0.29, 0.717) is 25.9 Å². The smallest absolute Gasteiger partial charge is 0.352 e. The standard InChI is InChI=1S/C13H13F3N6O/c14-13(15,16)12(20-21-12)10-5-3-9(4-6-10)11(23)18-7-1-2-8-19-22-17/h3-6H,1-2,7-8H2,(H,18,23). The summed E-state index contributed by atoms with van der Waals surface area (Å²) < 4.78 is 38.5. The van der Waals surface area contributed by atoms with Crippen LogP contribution in [-0.4, -0.2) is 25.2 Å². The second-order valence-electron chi connectivity index (χ2n) is 4.86. The van der Waals surface area contributed by atoms with E-state index >= 15 is 0 Å². The molecule has 0 aromatic heterocycles. The molecule has 0 radical (unpaired) electrons. The summed E-state index contributed by atoms with van der Waals surface area (Å²) in [7, 11) is 0. The first kappa shape index (κ1) is 16.8. The van der Waals surface area contributed by atoms with Gasteiger partial charge in [-0.3, -0.25) is 4.79 Å². The van der Waals surface area contributed by atoms with Crippen LogP contribution in [0.2, 0.25) is 0 Å². The summed E-state index contributed by atoms with van der Waals surface area (Å²) in [5.41, 5.74) is 5.77. The predicted molar refractivity (Wildman–Crippen MR) is 74.6 cm³/mol. The first-order valence-corrected chi connectivity index (χ1v) is 6.81. The van der Waals surface area contributed by atoms with E-state index in [9.17, 15) is 18.0 Å². The monoisotopic (exact) mass is 326 g/mol. The number of rotatable bonds is 7. The summed E-state index contributed by atoms with van der Waals surface area (Å²) in [6.45, 7) is 0.742. The lowest BCUT2D eigenvalue weighted by Gasteiger charge is -2.14. The zero-order chi connectivity index (χ0) is 16.9. The number of halogens is 3. The Morgan fingerprint density at radius 1 is 1.26 bits per heavy atom. The molecule has 0 atom stereocenters. The third kappa shape index (κ3) is 3.78. The van der Waals surface area contributed by atoms with Gasteiger partial charge in [-0.1, -0.05) is 17.2 Å². The van der Waals surface area contributed by atoms with Gasteiger partial charge in [-0.2, -0.15) is 13.2 Å². The van der Waals surface area contributed by atoms with Crippen molar-refractivity contribution < 1.29 is 18.0 Å². The van der Waals surface area contributed by atoms with E-state index in [1.54, 1.807) is 0 Å². The molecule has 1 N–H and O–H groups in total. The van der Waals surface area contributed by atoms with Crippen LogP contribution in [0, 0.1) is 0 Å². The molecule has 1 aliphatic heterocycles. The highest BCUT2D eigenvalue weighted by atomic mass is 19.4. The van der Waals surface area contributed by atoms with Crippen LogP contribution in [-0.2, 0) is 5.66 Å². The van der Waals surface area contributed by atoms with E-state index in [1.165, 1.54) is 24.3 Å². The summed E-state index contributed by atoms with van der Waals surface area (Å²) in [5.74, 6) is -0.383. The molecule has 0 bridgehead atoms. The van der Waals surface area contributed by atoms with Gasteiger partial charge in [0, 0.05) is 29.1 Å². The van der Waals surface area contributed by atoms with Crippen LogP contribution in [0.4, 0.5) is 13.2 Å². The molecule has 1 aromatic rings. The molecule has 0 saturated heterocycles. The molecule has 2 rings (SSSR count). The largest absolute Gasteiger partial charge is 0.442 e. The highest BCUT2D eigenvalue weighted by Crippen LogP contribution is 2.52. The lowest BCUT2D eigenvalue weighted by molar-refractivity contribution is -0.166. The van der Waals surface area contributed by atoms with E-state index in [0.717, 1.165) is 0 Å². The minimum atomic E-state index is -4.58. The predicted octanol–water partition coefficient (Wildman–Crippen LogP) is 3.69. The third-order valence-corrected chi connectivity index (χ3v) is 3.28. The summed E-state index contributed by atoms with van der Waals surface area (Å²) in [4.78, 5) is 14.5. The Labute approximate surface area is 129 Å². The Hall–Kier alpha value is -2.61. The van der Waals surface area contributed by atoms with Crippen molar-refractivity contribution in [1.82, 2.24) is 5.32 Å². The van der Waals surface area contributed by atoms with Crippen LogP contribution < -0.4 is 5.32 Å². The van der Waals surface area contributed by atoms with Crippen LogP contribution in [0.5, 0.6) is 0 Å². The molecule has 0 spiro atoms. The average molecular weight is 326 g/mol. The van der Waals surface area contributed by atoms with E-state index < -0.39 is 11.8 Å². The van der Waals surface area contributed by atoms with Crippen LogP contribution in [0.3, 0.4) is 0 Å². The van der Waals surface area contributed by atoms with Gasteiger partial charge in [-0.15, -0.1) is 10.2 Å². The Morgan fingerprint density at radius 2 is 1.91 bits per heavy atom. The Kier molecular flexibility index (Phi) is 4.85. The van der Waals surface area contributed by atoms with Crippen LogP contribution in [0.15, 0.2) is 39.6 Å². The molecule has 7 nitrogen and oxygen atoms in total. The van der Waals surface area contributed by atoms with Crippen LogP contribution in [0.25, 0.3) is 10.4 Å². The lowest BCUT2D eigenvalue weighted by atomic mass is 10.0. The molecule has 1 aliphatic rings. The van der Waals surface area contributed by atoms with Crippen LogP contribution >= 0.6 is 0 Å². The van der Waals surface area contributed by atoms with Gasteiger partial charge >= 0.3 is 11.8 Å². The number of hydrogen-bond acceptors (Lipinski definition) is 4. The minimum absolute atomic E-state index is 0.115. The number of benzene rings is 1. The van der Waals surface area contributed by atoms with E-state index in [-0.39, 0.29) is 17.0 Å². The number of nitrogens with one attached hydrogen (secondary N) is 1. The van der Waals surface area contributed by atoms with Crippen molar-refractivity contribution in [2.75, 3.05) is 13.1 Å².